The fraction of sp³-hybridized carbons (Fsp3) is 0.188. The number of hydrogen-bond acceptors (Lipinski definition) is 3. The predicted molar refractivity (Wildman–Crippen MR) is 76.3 cm³/mol. The Morgan fingerprint density at radius 3 is 2.81 bits per heavy atom. The zero-order chi connectivity index (χ0) is 14.8. The van der Waals surface area contributed by atoms with Gasteiger partial charge in [-0.3, -0.25) is 0 Å². The molecule has 2 aromatic carbocycles. The van der Waals surface area contributed by atoms with Crippen LogP contribution in [0.2, 0.25) is 0 Å². The van der Waals surface area contributed by atoms with E-state index in [1.54, 1.807) is 6.07 Å². The van der Waals surface area contributed by atoms with Crippen LogP contribution in [0.25, 0.3) is 0 Å². The van der Waals surface area contributed by atoms with Crippen molar-refractivity contribution in [1.82, 2.24) is 0 Å². The molecular formula is C16H14FNO3. The summed E-state index contributed by atoms with van der Waals surface area (Å²) in [5.41, 5.74) is 1.36. The Bertz CT molecular complexity index is 687. The Hall–Kier alpha value is -2.56. The molecule has 1 heterocycles. The lowest BCUT2D eigenvalue weighted by Gasteiger charge is -2.22. The Morgan fingerprint density at radius 1 is 1.24 bits per heavy atom. The predicted octanol–water partition coefficient (Wildman–Crippen LogP) is 2.92. The zero-order valence-electron chi connectivity index (χ0n) is 11.3. The smallest absolute Gasteiger partial charge is 0.338 e. The van der Waals surface area contributed by atoms with Gasteiger partial charge < -0.3 is 14.7 Å². The number of benzene rings is 2. The molecule has 3 rings (SSSR count). The van der Waals surface area contributed by atoms with Gasteiger partial charge in [0.1, 0.15) is 18.2 Å². The van der Waals surface area contributed by atoms with E-state index in [2.05, 4.69) is 0 Å². The monoisotopic (exact) mass is 287 g/mol. The molecule has 0 bridgehead atoms. The van der Waals surface area contributed by atoms with Gasteiger partial charge in [0.15, 0.2) is 0 Å². The van der Waals surface area contributed by atoms with Gasteiger partial charge in [0.05, 0.1) is 12.1 Å². The standard InChI is InChI=1S/C16H14FNO3/c17-14-9-12(5-6-13(14)16(19)20)18-7-8-21-15-4-2-1-3-11(15)10-18/h1-6,9H,7-8,10H2,(H,19,20). The van der Waals surface area contributed by atoms with Crippen molar-refractivity contribution in [2.24, 2.45) is 0 Å². The summed E-state index contributed by atoms with van der Waals surface area (Å²) in [6, 6.07) is 11.9. The van der Waals surface area contributed by atoms with E-state index >= 15 is 0 Å². The number of carboxylic acid groups (broad SMARTS) is 1. The molecule has 0 amide bonds. The molecular weight excluding hydrogens is 273 g/mol. The van der Waals surface area contributed by atoms with Crippen LogP contribution in [-0.2, 0) is 6.54 Å². The topological polar surface area (TPSA) is 49.8 Å². The summed E-state index contributed by atoms with van der Waals surface area (Å²) in [6.07, 6.45) is 0. The molecule has 1 aliphatic rings. The average molecular weight is 287 g/mol. The SMILES string of the molecule is O=C(O)c1ccc(N2CCOc3ccccc3C2)cc1F. The summed E-state index contributed by atoms with van der Waals surface area (Å²) in [4.78, 5) is 12.8. The fourth-order valence-corrected chi connectivity index (χ4v) is 2.42. The summed E-state index contributed by atoms with van der Waals surface area (Å²) in [5, 5.41) is 8.87. The summed E-state index contributed by atoms with van der Waals surface area (Å²) >= 11 is 0. The maximum Gasteiger partial charge on any atom is 0.338 e. The lowest BCUT2D eigenvalue weighted by atomic mass is 10.1. The van der Waals surface area contributed by atoms with Crippen LogP contribution in [0.3, 0.4) is 0 Å². The zero-order valence-corrected chi connectivity index (χ0v) is 11.3. The number of hydrogen-bond donors (Lipinski definition) is 1. The van der Waals surface area contributed by atoms with Crippen molar-refractivity contribution in [2.75, 3.05) is 18.1 Å². The third-order valence-corrected chi connectivity index (χ3v) is 3.50. The quantitative estimate of drug-likeness (QED) is 0.922. The number of nitrogens with zero attached hydrogens (tertiary/aromatic N) is 1. The van der Waals surface area contributed by atoms with E-state index in [0.29, 0.717) is 25.4 Å². The minimum atomic E-state index is -1.26. The minimum absolute atomic E-state index is 0.315. The molecule has 0 aliphatic carbocycles. The molecule has 0 saturated heterocycles. The molecule has 0 saturated carbocycles. The van der Waals surface area contributed by atoms with Crippen molar-refractivity contribution in [3.8, 4) is 5.75 Å². The number of ether oxygens (including phenoxy) is 1. The number of rotatable bonds is 2. The first-order chi connectivity index (χ1) is 10.1. The molecule has 0 fully saturated rings. The Balaban J connectivity index is 1.91. The van der Waals surface area contributed by atoms with Gasteiger partial charge in [-0.25, -0.2) is 9.18 Å². The van der Waals surface area contributed by atoms with E-state index in [4.69, 9.17) is 9.84 Å². The lowest BCUT2D eigenvalue weighted by molar-refractivity contribution is 0.0692. The summed E-state index contributed by atoms with van der Waals surface area (Å²) < 4.78 is 19.5. The molecule has 0 aromatic heterocycles. The normalized spacial score (nSPS) is 14.0. The maximum absolute atomic E-state index is 13.8. The maximum atomic E-state index is 13.8. The average Bonchev–Trinajstić information content (AvgIpc) is 2.68. The Kier molecular flexibility index (Phi) is 3.48. The highest BCUT2D eigenvalue weighted by Gasteiger charge is 2.17. The van der Waals surface area contributed by atoms with Crippen LogP contribution in [0.15, 0.2) is 42.5 Å². The van der Waals surface area contributed by atoms with Crippen LogP contribution in [0, 0.1) is 5.82 Å². The number of carboxylic acids is 1. The van der Waals surface area contributed by atoms with E-state index in [-0.39, 0.29) is 5.56 Å². The molecule has 2 aromatic rings. The van der Waals surface area contributed by atoms with Crippen LogP contribution >= 0.6 is 0 Å². The van der Waals surface area contributed by atoms with Crippen LogP contribution in [0.5, 0.6) is 5.75 Å². The molecule has 5 heteroatoms. The van der Waals surface area contributed by atoms with Crippen molar-refractivity contribution < 1.29 is 19.0 Å². The van der Waals surface area contributed by atoms with Crippen LogP contribution < -0.4 is 9.64 Å². The summed E-state index contributed by atoms with van der Waals surface area (Å²) in [5.74, 6) is -1.15. The fourth-order valence-electron chi connectivity index (χ4n) is 2.42. The van der Waals surface area contributed by atoms with Gasteiger partial charge in [-0.05, 0) is 24.3 Å². The van der Waals surface area contributed by atoms with E-state index < -0.39 is 11.8 Å². The highest BCUT2D eigenvalue weighted by atomic mass is 19.1. The largest absolute Gasteiger partial charge is 0.491 e. The third-order valence-electron chi connectivity index (χ3n) is 3.50. The number of carbonyl (C=O) groups is 1. The van der Waals surface area contributed by atoms with E-state index in [1.165, 1.54) is 12.1 Å². The lowest BCUT2D eigenvalue weighted by Crippen LogP contribution is -2.25. The number of fused-ring (bicyclic) bond motifs is 1. The highest BCUT2D eigenvalue weighted by Crippen LogP contribution is 2.27. The minimum Gasteiger partial charge on any atom is -0.491 e. The number of anilines is 1. The van der Waals surface area contributed by atoms with Gasteiger partial charge in [0.2, 0.25) is 0 Å². The van der Waals surface area contributed by atoms with Gasteiger partial charge in [0.25, 0.3) is 0 Å². The van der Waals surface area contributed by atoms with E-state index in [9.17, 15) is 9.18 Å². The van der Waals surface area contributed by atoms with Crippen LogP contribution in [-0.4, -0.2) is 24.2 Å². The van der Waals surface area contributed by atoms with Gasteiger partial charge in [0, 0.05) is 17.8 Å². The molecule has 0 atom stereocenters. The molecule has 4 nitrogen and oxygen atoms in total. The summed E-state index contributed by atoms with van der Waals surface area (Å²) in [7, 11) is 0. The Morgan fingerprint density at radius 2 is 2.05 bits per heavy atom. The molecule has 0 radical (unpaired) electrons. The molecule has 1 aliphatic heterocycles. The first-order valence-corrected chi connectivity index (χ1v) is 6.63. The second-order valence-corrected chi connectivity index (χ2v) is 4.85. The first kappa shape index (κ1) is 13.4. The number of para-hydroxylation sites is 1. The van der Waals surface area contributed by atoms with Crippen LogP contribution in [0.1, 0.15) is 15.9 Å². The molecule has 108 valence electrons. The van der Waals surface area contributed by atoms with Gasteiger partial charge in [-0.1, -0.05) is 18.2 Å². The second-order valence-electron chi connectivity index (χ2n) is 4.85. The van der Waals surface area contributed by atoms with Gasteiger partial charge >= 0.3 is 5.97 Å². The Labute approximate surface area is 121 Å². The highest BCUT2D eigenvalue weighted by molar-refractivity contribution is 5.88. The van der Waals surface area contributed by atoms with Gasteiger partial charge in [-0.15, -0.1) is 0 Å². The molecule has 0 spiro atoms. The van der Waals surface area contributed by atoms with Crippen molar-refractivity contribution in [3.05, 3.63) is 59.4 Å². The first-order valence-electron chi connectivity index (χ1n) is 6.63. The third kappa shape index (κ3) is 2.67. The molecule has 1 N–H and O–H groups in total. The second kappa shape index (κ2) is 5.44. The van der Waals surface area contributed by atoms with Crippen molar-refractivity contribution >= 4 is 11.7 Å². The van der Waals surface area contributed by atoms with Crippen LogP contribution in [0.4, 0.5) is 10.1 Å². The number of halogens is 1. The summed E-state index contributed by atoms with van der Waals surface area (Å²) in [6.45, 7) is 1.71. The van der Waals surface area contributed by atoms with E-state index in [1.807, 2.05) is 29.2 Å². The molecule has 0 unspecified atom stereocenters. The van der Waals surface area contributed by atoms with E-state index in [0.717, 1.165) is 11.3 Å². The van der Waals surface area contributed by atoms with Crippen molar-refractivity contribution in [2.45, 2.75) is 6.54 Å². The number of aromatic carboxylic acids is 1. The van der Waals surface area contributed by atoms with Crippen molar-refractivity contribution in [3.63, 3.8) is 0 Å². The van der Waals surface area contributed by atoms with Gasteiger partial charge in [-0.2, -0.15) is 0 Å². The molecule has 21 heavy (non-hydrogen) atoms. The van der Waals surface area contributed by atoms with Crippen molar-refractivity contribution in [1.29, 1.82) is 0 Å².